The Bertz CT molecular complexity index is 1040. The molecule has 1 unspecified atom stereocenters. The first-order valence-electron chi connectivity index (χ1n) is 10.1. The molecule has 2 aromatic rings. The van der Waals surface area contributed by atoms with E-state index in [0.717, 1.165) is 16.3 Å². The summed E-state index contributed by atoms with van der Waals surface area (Å²) in [7, 11) is 3.00. The minimum Gasteiger partial charge on any atom is -0.497 e. The molecule has 2 saturated heterocycles. The number of hydrogen-bond donors (Lipinski definition) is 2. The molecule has 4 rings (SSSR count). The Morgan fingerprint density at radius 2 is 1.75 bits per heavy atom. The van der Waals surface area contributed by atoms with Crippen LogP contribution in [0.4, 0.5) is 11.4 Å². The smallest absolute Gasteiger partial charge is 0.326 e. The van der Waals surface area contributed by atoms with Crippen LogP contribution in [0.5, 0.6) is 11.5 Å². The minimum absolute atomic E-state index is 0.350. The molecule has 0 spiro atoms. The third-order valence-corrected chi connectivity index (χ3v) is 5.48. The molecule has 2 aromatic carbocycles. The number of anilines is 2. The highest BCUT2D eigenvalue weighted by Crippen LogP contribution is 2.29. The van der Waals surface area contributed by atoms with Gasteiger partial charge < -0.3 is 19.7 Å². The lowest BCUT2D eigenvalue weighted by Crippen LogP contribution is -2.68. The van der Waals surface area contributed by atoms with Gasteiger partial charge in [0.15, 0.2) is 6.29 Å². The summed E-state index contributed by atoms with van der Waals surface area (Å²) in [6, 6.07) is 12.9. The average Bonchev–Trinajstić information content (AvgIpc) is 3.21. The number of hydrogen-bond acceptors (Lipinski definition) is 7. The molecule has 2 fully saturated rings. The summed E-state index contributed by atoms with van der Waals surface area (Å²) in [5, 5.41) is 3.76. The second kappa shape index (κ2) is 8.75. The predicted molar refractivity (Wildman–Crippen MR) is 117 cm³/mol. The summed E-state index contributed by atoms with van der Waals surface area (Å²) >= 11 is 0. The number of carbonyl (C=O) groups excluding carboxylic acids is 3. The molecule has 32 heavy (non-hydrogen) atoms. The van der Waals surface area contributed by atoms with E-state index in [1.54, 1.807) is 18.2 Å². The number of nitrogens with one attached hydrogen (secondary N) is 2. The Morgan fingerprint density at radius 1 is 1.03 bits per heavy atom. The molecule has 1 atom stereocenters. The second-order valence-corrected chi connectivity index (χ2v) is 7.54. The van der Waals surface area contributed by atoms with Crippen LogP contribution < -0.4 is 25.1 Å². The number of amides is 3. The van der Waals surface area contributed by atoms with E-state index in [-0.39, 0.29) is 6.54 Å². The Balaban J connectivity index is 1.49. The SMILES string of the molecule is COc1ccc(OC)c(NC(=O)CN2NC3N(CCN3c3ccc(C)cc3)C(=O)C2=O)c1. The molecule has 0 saturated carbocycles. The molecule has 0 bridgehead atoms. The van der Waals surface area contributed by atoms with E-state index in [2.05, 4.69) is 10.7 Å². The van der Waals surface area contributed by atoms with Gasteiger partial charge >= 0.3 is 11.8 Å². The van der Waals surface area contributed by atoms with Crippen LogP contribution in [-0.4, -0.2) is 67.8 Å². The number of fused-ring (bicyclic) bond motifs is 1. The van der Waals surface area contributed by atoms with Crippen LogP contribution in [-0.2, 0) is 14.4 Å². The first-order valence-corrected chi connectivity index (χ1v) is 10.1. The zero-order chi connectivity index (χ0) is 22.8. The van der Waals surface area contributed by atoms with Crippen LogP contribution >= 0.6 is 0 Å². The fraction of sp³-hybridized carbons (Fsp3) is 0.318. The molecular weight excluding hydrogens is 414 g/mol. The number of nitrogens with zero attached hydrogens (tertiary/aromatic N) is 3. The maximum absolute atomic E-state index is 12.7. The van der Waals surface area contributed by atoms with Gasteiger partial charge in [0, 0.05) is 24.8 Å². The van der Waals surface area contributed by atoms with E-state index < -0.39 is 24.0 Å². The molecule has 3 amide bonds. The normalized spacial score (nSPS) is 18.0. The lowest BCUT2D eigenvalue weighted by molar-refractivity contribution is -0.163. The zero-order valence-electron chi connectivity index (χ0n) is 18.1. The number of carbonyl (C=O) groups is 3. The average molecular weight is 439 g/mol. The number of aryl methyl sites for hydroxylation is 1. The van der Waals surface area contributed by atoms with Crippen molar-refractivity contribution in [3.8, 4) is 11.5 Å². The molecule has 168 valence electrons. The Kier molecular flexibility index (Phi) is 5.87. The fourth-order valence-corrected chi connectivity index (χ4v) is 3.79. The van der Waals surface area contributed by atoms with Gasteiger partial charge in [0.2, 0.25) is 5.91 Å². The summed E-state index contributed by atoms with van der Waals surface area (Å²) in [4.78, 5) is 41.4. The lowest BCUT2D eigenvalue weighted by atomic mass is 10.2. The highest BCUT2D eigenvalue weighted by molar-refractivity contribution is 6.35. The molecule has 0 radical (unpaired) electrons. The summed E-state index contributed by atoms with van der Waals surface area (Å²) in [5.74, 6) is -0.923. The van der Waals surface area contributed by atoms with Crippen molar-refractivity contribution in [1.82, 2.24) is 15.3 Å². The number of rotatable bonds is 6. The van der Waals surface area contributed by atoms with Gasteiger partial charge in [-0.25, -0.2) is 0 Å². The van der Waals surface area contributed by atoms with Crippen molar-refractivity contribution in [2.24, 2.45) is 0 Å². The van der Waals surface area contributed by atoms with Crippen LogP contribution in [0.2, 0.25) is 0 Å². The maximum atomic E-state index is 12.7. The molecule has 0 aromatic heterocycles. The first kappa shape index (κ1) is 21.4. The number of hydrazine groups is 1. The molecule has 2 aliphatic heterocycles. The fourth-order valence-electron chi connectivity index (χ4n) is 3.79. The van der Waals surface area contributed by atoms with Gasteiger partial charge in [0.05, 0.1) is 19.9 Å². The molecular formula is C22H25N5O5. The van der Waals surface area contributed by atoms with Gasteiger partial charge in [-0.1, -0.05) is 17.7 Å². The second-order valence-electron chi connectivity index (χ2n) is 7.54. The molecule has 2 N–H and O–H groups in total. The van der Waals surface area contributed by atoms with E-state index in [4.69, 9.17) is 9.47 Å². The monoisotopic (exact) mass is 439 g/mol. The van der Waals surface area contributed by atoms with Crippen LogP contribution in [0.25, 0.3) is 0 Å². The summed E-state index contributed by atoms with van der Waals surface area (Å²) in [5.41, 5.74) is 5.47. The van der Waals surface area contributed by atoms with E-state index in [0.29, 0.717) is 30.3 Å². The molecule has 10 heteroatoms. The van der Waals surface area contributed by atoms with Gasteiger partial charge in [-0.3, -0.25) is 24.3 Å². The van der Waals surface area contributed by atoms with Gasteiger partial charge in [-0.05, 0) is 31.2 Å². The quantitative estimate of drug-likeness (QED) is 0.646. The van der Waals surface area contributed by atoms with Crippen LogP contribution in [0.1, 0.15) is 5.56 Å². The van der Waals surface area contributed by atoms with Crippen LogP contribution in [0, 0.1) is 6.92 Å². The van der Waals surface area contributed by atoms with Crippen molar-refractivity contribution < 1.29 is 23.9 Å². The Labute approximate surface area is 185 Å². The Hall–Kier alpha value is -3.79. The third-order valence-electron chi connectivity index (χ3n) is 5.48. The minimum atomic E-state index is -0.778. The highest BCUT2D eigenvalue weighted by Gasteiger charge is 2.45. The third kappa shape index (κ3) is 4.04. The standard InChI is InChI=1S/C22H25N5O5/c1-14-4-6-15(7-5-14)25-10-11-26-20(29)21(30)27(24-22(25)26)13-19(28)23-17-12-16(31-2)8-9-18(17)32-3/h4-9,12,22,24H,10-11,13H2,1-3H3,(H,23,28). The summed E-state index contributed by atoms with van der Waals surface area (Å²) in [6.45, 7) is 2.63. The zero-order valence-corrected chi connectivity index (χ0v) is 18.1. The largest absolute Gasteiger partial charge is 0.497 e. The summed E-state index contributed by atoms with van der Waals surface area (Å²) < 4.78 is 10.5. The van der Waals surface area contributed by atoms with E-state index in [1.807, 2.05) is 36.1 Å². The van der Waals surface area contributed by atoms with Gasteiger partial charge in [-0.2, -0.15) is 5.43 Å². The summed E-state index contributed by atoms with van der Waals surface area (Å²) in [6.07, 6.45) is -0.554. The van der Waals surface area contributed by atoms with Crippen molar-refractivity contribution in [3.05, 3.63) is 48.0 Å². The van der Waals surface area contributed by atoms with Crippen molar-refractivity contribution in [2.45, 2.75) is 13.2 Å². The van der Waals surface area contributed by atoms with Crippen LogP contribution in [0.3, 0.4) is 0 Å². The lowest BCUT2D eigenvalue weighted by Gasteiger charge is -2.40. The first-order chi connectivity index (χ1) is 15.4. The van der Waals surface area contributed by atoms with Gasteiger partial charge in [0.1, 0.15) is 18.0 Å². The predicted octanol–water partition coefficient (Wildman–Crippen LogP) is 0.930. The molecule has 2 heterocycles. The Morgan fingerprint density at radius 3 is 2.44 bits per heavy atom. The van der Waals surface area contributed by atoms with E-state index in [1.165, 1.54) is 19.1 Å². The van der Waals surface area contributed by atoms with Crippen LogP contribution in [0.15, 0.2) is 42.5 Å². The van der Waals surface area contributed by atoms with Crippen molar-refractivity contribution in [1.29, 1.82) is 0 Å². The molecule has 2 aliphatic rings. The van der Waals surface area contributed by atoms with Gasteiger partial charge in [-0.15, -0.1) is 0 Å². The number of benzene rings is 2. The number of methoxy groups -OCH3 is 2. The van der Waals surface area contributed by atoms with Crippen molar-refractivity contribution in [2.75, 3.05) is 44.1 Å². The van der Waals surface area contributed by atoms with Crippen molar-refractivity contribution >= 4 is 29.1 Å². The maximum Gasteiger partial charge on any atom is 0.326 e. The molecule has 0 aliphatic carbocycles. The van der Waals surface area contributed by atoms with E-state index >= 15 is 0 Å². The van der Waals surface area contributed by atoms with Gasteiger partial charge in [0.25, 0.3) is 0 Å². The molecule has 10 nitrogen and oxygen atoms in total. The van der Waals surface area contributed by atoms with Crippen molar-refractivity contribution in [3.63, 3.8) is 0 Å². The highest BCUT2D eigenvalue weighted by atomic mass is 16.5. The topological polar surface area (TPSA) is 103 Å². The van der Waals surface area contributed by atoms with E-state index in [9.17, 15) is 14.4 Å². The number of ether oxygens (including phenoxy) is 2.